The van der Waals surface area contributed by atoms with Crippen LogP contribution in [0.4, 0.5) is 0 Å². The number of furan rings is 1. The number of nitrogens with one attached hydrogen (secondary N) is 1. The van der Waals surface area contributed by atoms with Gasteiger partial charge in [0.2, 0.25) is 0 Å². The Bertz CT molecular complexity index is 902. The number of aryl methyl sites for hydroxylation is 1. The summed E-state index contributed by atoms with van der Waals surface area (Å²) in [6.45, 7) is 2.58. The minimum atomic E-state index is -0.125. The average Bonchev–Trinajstić information content (AvgIpc) is 3.33. The van der Waals surface area contributed by atoms with E-state index in [0.717, 1.165) is 36.1 Å². The standard InChI is InChI=1S/C22H27NO4S2/c1-14-19-17(5-4-9-22(19)28-11-12-29-22)27-20(14)21(24)23-10-8-15-6-7-16(25-2)18(13-15)26-3/h6-7,13H,4-5,8-12H2,1-3H3,(H,23,24). The van der Waals surface area contributed by atoms with Crippen molar-refractivity contribution in [3.8, 4) is 11.5 Å². The maximum Gasteiger partial charge on any atom is 0.287 e. The summed E-state index contributed by atoms with van der Waals surface area (Å²) in [5, 5.41) is 3.02. The molecule has 0 radical (unpaired) electrons. The third-order valence-electron chi connectivity index (χ3n) is 5.62. The van der Waals surface area contributed by atoms with E-state index in [9.17, 15) is 4.79 Å². The van der Waals surface area contributed by atoms with E-state index in [1.165, 1.54) is 17.1 Å². The fourth-order valence-corrected chi connectivity index (χ4v) is 7.81. The zero-order valence-corrected chi connectivity index (χ0v) is 18.8. The van der Waals surface area contributed by atoms with Gasteiger partial charge in [-0.3, -0.25) is 4.79 Å². The third-order valence-corrected chi connectivity index (χ3v) is 9.15. The maximum absolute atomic E-state index is 12.8. The van der Waals surface area contributed by atoms with E-state index in [0.29, 0.717) is 30.2 Å². The van der Waals surface area contributed by atoms with Crippen molar-refractivity contribution in [2.24, 2.45) is 0 Å². The Kier molecular flexibility index (Phi) is 6.06. The molecule has 29 heavy (non-hydrogen) atoms. The second-order valence-electron chi connectivity index (χ2n) is 7.35. The first-order chi connectivity index (χ1) is 14.1. The first-order valence-electron chi connectivity index (χ1n) is 9.97. The molecule has 2 aliphatic rings. The van der Waals surface area contributed by atoms with Crippen molar-refractivity contribution < 1.29 is 18.7 Å². The van der Waals surface area contributed by atoms with Crippen LogP contribution in [0, 0.1) is 6.92 Å². The summed E-state index contributed by atoms with van der Waals surface area (Å²) >= 11 is 4.04. The Morgan fingerprint density at radius 2 is 1.97 bits per heavy atom. The van der Waals surface area contributed by atoms with Crippen LogP contribution in [0.15, 0.2) is 22.6 Å². The highest BCUT2D eigenvalue weighted by molar-refractivity contribution is 8.20. The van der Waals surface area contributed by atoms with E-state index in [-0.39, 0.29) is 9.99 Å². The van der Waals surface area contributed by atoms with Crippen molar-refractivity contribution in [1.82, 2.24) is 5.32 Å². The number of amides is 1. The predicted octanol–water partition coefficient (Wildman–Crippen LogP) is 4.55. The highest BCUT2D eigenvalue weighted by Crippen LogP contribution is 2.59. The van der Waals surface area contributed by atoms with Crippen molar-refractivity contribution in [2.45, 2.75) is 36.7 Å². The molecular formula is C22H27NO4S2. The van der Waals surface area contributed by atoms with Crippen LogP contribution in [0.1, 0.15) is 45.8 Å². The van der Waals surface area contributed by atoms with E-state index in [1.807, 2.05) is 48.6 Å². The van der Waals surface area contributed by atoms with Crippen molar-refractivity contribution in [1.29, 1.82) is 0 Å². The number of thioether (sulfide) groups is 2. The Morgan fingerprint density at radius 3 is 2.69 bits per heavy atom. The number of rotatable bonds is 6. The number of methoxy groups -OCH3 is 2. The molecule has 1 aromatic heterocycles. The lowest BCUT2D eigenvalue weighted by Crippen LogP contribution is -2.26. The largest absolute Gasteiger partial charge is 0.493 e. The molecular weight excluding hydrogens is 406 g/mol. The van der Waals surface area contributed by atoms with Gasteiger partial charge in [-0.1, -0.05) is 6.07 Å². The molecule has 1 amide bonds. The zero-order chi connectivity index (χ0) is 20.4. The van der Waals surface area contributed by atoms with Crippen LogP contribution in [0.2, 0.25) is 0 Å². The van der Waals surface area contributed by atoms with E-state index < -0.39 is 0 Å². The lowest BCUT2D eigenvalue weighted by atomic mass is 9.94. The van der Waals surface area contributed by atoms with Crippen LogP contribution in [-0.2, 0) is 16.9 Å². The van der Waals surface area contributed by atoms with Crippen LogP contribution >= 0.6 is 23.5 Å². The number of carbonyl (C=O) groups is 1. The number of ether oxygens (including phenoxy) is 2. The van der Waals surface area contributed by atoms with Gasteiger partial charge >= 0.3 is 0 Å². The second kappa shape index (κ2) is 8.56. The lowest BCUT2D eigenvalue weighted by molar-refractivity contribution is 0.0923. The SMILES string of the molecule is COc1ccc(CCNC(=O)c2oc3c(c2C)C2(CCC3)SCCS2)cc1OC. The van der Waals surface area contributed by atoms with Gasteiger partial charge in [0.25, 0.3) is 5.91 Å². The fraction of sp³-hybridized carbons (Fsp3) is 0.500. The first kappa shape index (κ1) is 20.5. The summed E-state index contributed by atoms with van der Waals surface area (Å²) in [6, 6.07) is 5.82. The maximum atomic E-state index is 12.8. The summed E-state index contributed by atoms with van der Waals surface area (Å²) in [5.74, 6) is 5.11. The molecule has 7 heteroatoms. The number of benzene rings is 1. The van der Waals surface area contributed by atoms with E-state index in [4.69, 9.17) is 13.9 Å². The van der Waals surface area contributed by atoms with Crippen LogP contribution < -0.4 is 14.8 Å². The van der Waals surface area contributed by atoms with Crippen molar-refractivity contribution in [2.75, 3.05) is 32.3 Å². The van der Waals surface area contributed by atoms with E-state index in [1.54, 1.807) is 14.2 Å². The minimum absolute atomic E-state index is 0.0966. The third kappa shape index (κ3) is 3.87. The Morgan fingerprint density at radius 1 is 1.21 bits per heavy atom. The van der Waals surface area contributed by atoms with Gasteiger partial charge in [0.1, 0.15) is 5.76 Å². The second-order valence-corrected chi connectivity index (χ2v) is 10.4. The fourth-order valence-electron chi connectivity index (χ4n) is 4.25. The molecule has 4 rings (SSSR count). The highest BCUT2D eigenvalue weighted by atomic mass is 32.2. The van der Waals surface area contributed by atoms with E-state index >= 15 is 0 Å². The van der Waals surface area contributed by atoms with Crippen molar-refractivity contribution in [3.05, 3.63) is 46.4 Å². The Labute approximate surface area is 180 Å². The van der Waals surface area contributed by atoms with Crippen molar-refractivity contribution >= 4 is 29.4 Å². The molecule has 0 bridgehead atoms. The summed E-state index contributed by atoms with van der Waals surface area (Å²) in [4.78, 5) is 12.8. The molecule has 1 N–H and O–H groups in total. The Balaban J connectivity index is 1.44. The summed E-state index contributed by atoms with van der Waals surface area (Å²) in [6.07, 6.45) is 3.93. The van der Waals surface area contributed by atoms with Crippen molar-refractivity contribution in [3.63, 3.8) is 0 Å². The van der Waals surface area contributed by atoms with E-state index in [2.05, 4.69) is 5.32 Å². The number of carbonyl (C=O) groups excluding carboxylic acids is 1. The summed E-state index contributed by atoms with van der Waals surface area (Å²) < 4.78 is 16.8. The molecule has 1 aliphatic carbocycles. The molecule has 1 spiro atoms. The predicted molar refractivity (Wildman–Crippen MR) is 119 cm³/mol. The molecule has 1 aromatic carbocycles. The van der Waals surface area contributed by atoms with Gasteiger partial charge in [-0.05, 0) is 43.9 Å². The summed E-state index contributed by atoms with van der Waals surface area (Å²) in [7, 11) is 3.24. The minimum Gasteiger partial charge on any atom is -0.493 e. The monoisotopic (exact) mass is 433 g/mol. The van der Waals surface area contributed by atoms with Gasteiger partial charge in [0, 0.05) is 35.6 Å². The van der Waals surface area contributed by atoms with Gasteiger partial charge in [0.05, 0.1) is 18.3 Å². The molecule has 1 fully saturated rings. The molecule has 0 unspecified atom stereocenters. The molecule has 2 heterocycles. The lowest BCUT2D eigenvalue weighted by Gasteiger charge is -2.31. The van der Waals surface area contributed by atoms with Crippen LogP contribution in [0.25, 0.3) is 0 Å². The van der Waals surface area contributed by atoms with Gasteiger partial charge in [-0.25, -0.2) is 0 Å². The zero-order valence-electron chi connectivity index (χ0n) is 17.1. The van der Waals surface area contributed by atoms with Gasteiger partial charge < -0.3 is 19.2 Å². The number of fused-ring (bicyclic) bond motifs is 2. The molecule has 1 aliphatic heterocycles. The van der Waals surface area contributed by atoms with Gasteiger partial charge in [-0.15, -0.1) is 23.5 Å². The Hall–Kier alpha value is -1.73. The van der Waals surface area contributed by atoms with Gasteiger partial charge in [-0.2, -0.15) is 0 Å². The van der Waals surface area contributed by atoms with Crippen LogP contribution in [-0.4, -0.2) is 38.2 Å². The molecule has 5 nitrogen and oxygen atoms in total. The molecule has 156 valence electrons. The van der Waals surface area contributed by atoms with Crippen LogP contribution in [0.5, 0.6) is 11.5 Å². The van der Waals surface area contributed by atoms with Crippen LogP contribution in [0.3, 0.4) is 0 Å². The number of hydrogen-bond donors (Lipinski definition) is 1. The normalized spacial score (nSPS) is 17.2. The summed E-state index contributed by atoms with van der Waals surface area (Å²) in [5.41, 5.74) is 3.38. The molecule has 1 saturated heterocycles. The molecule has 0 atom stereocenters. The highest BCUT2D eigenvalue weighted by Gasteiger charge is 2.45. The molecule has 0 saturated carbocycles. The topological polar surface area (TPSA) is 60.7 Å². The van der Waals surface area contributed by atoms with Gasteiger partial charge in [0.15, 0.2) is 17.3 Å². The quantitative estimate of drug-likeness (QED) is 0.721. The first-order valence-corrected chi connectivity index (χ1v) is 11.9. The smallest absolute Gasteiger partial charge is 0.287 e. The number of hydrogen-bond acceptors (Lipinski definition) is 6. The molecule has 2 aromatic rings. The average molecular weight is 434 g/mol.